The van der Waals surface area contributed by atoms with Crippen molar-refractivity contribution in [2.24, 2.45) is 5.41 Å². The molecule has 1 aliphatic rings. The second-order valence-electron chi connectivity index (χ2n) is 5.69. The van der Waals surface area contributed by atoms with Crippen LogP contribution in [0.5, 0.6) is 0 Å². The number of aliphatic hydroxyl groups excluding tert-OH is 1. The molecule has 4 heteroatoms. The molecule has 1 atom stereocenters. The number of aliphatic hydroxyl groups is 1. The number of carbonyl (C=O) groups is 1. The molecule has 1 aromatic heterocycles. The van der Waals surface area contributed by atoms with Gasteiger partial charge in [0.05, 0.1) is 6.10 Å². The normalized spacial score (nSPS) is 23.1. The third-order valence-electron chi connectivity index (χ3n) is 3.69. The van der Waals surface area contributed by atoms with Gasteiger partial charge in [0.25, 0.3) is 0 Å². The summed E-state index contributed by atoms with van der Waals surface area (Å²) in [6.45, 7) is 5.40. The number of piperidine rings is 1. The van der Waals surface area contributed by atoms with Crippen molar-refractivity contribution in [2.75, 3.05) is 13.1 Å². The van der Waals surface area contributed by atoms with Crippen LogP contribution in [0.4, 0.5) is 0 Å². The van der Waals surface area contributed by atoms with Crippen LogP contribution in [0.1, 0.15) is 31.6 Å². The predicted octanol–water partition coefficient (Wildman–Crippen LogP) is 2.30. The van der Waals surface area contributed by atoms with Gasteiger partial charge in [-0.05, 0) is 24.3 Å². The molecular weight excluding hydrogens is 246 g/mol. The van der Waals surface area contributed by atoms with Crippen LogP contribution in [0.25, 0.3) is 0 Å². The molecule has 100 valence electrons. The number of nitrogens with zero attached hydrogens (tertiary/aromatic N) is 1. The van der Waals surface area contributed by atoms with Gasteiger partial charge in [0.2, 0.25) is 5.91 Å². The van der Waals surface area contributed by atoms with Crippen LogP contribution in [0, 0.1) is 5.41 Å². The van der Waals surface area contributed by atoms with Gasteiger partial charge >= 0.3 is 0 Å². The van der Waals surface area contributed by atoms with E-state index in [-0.39, 0.29) is 17.4 Å². The Labute approximate surface area is 112 Å². The van der Waals surface area contributed by atoms with Gasteiger partial charge in [0.15, 0.2) is 0 Å². The van der Waals surface area contributed by atoms with Crippen molar-refractivity contribution in [3.8, 4) is 0 Å². The lowest BCUT2D eigenvalue weighted by Crippen LogP contribution is -2.50. The van der Waals surface area contributed by atoms with E-state index in [2.05, 4.69) is 6.07 Å². The van der Waals surface area contributed by atoms with E-state index < -0.39 is 0 Å². The summed E-state index contributed by atoms with van der Waals surface area (Å²) in [5.41, 5.74) is -0.184. The lowest BCUT2D eigenvalue weighted by Gasteiger charge is -2.41. The van der Waals surface area contributed by atoms with Crippen LogP contribution in [0.15, 0.2) is 17.5 Å². The molecule has 0 saturated carbocycles. The summed E-state index contributed by atoms with van der Waals surface area (Å²) < 4.78 is 0. The molecule has 0 radical (unpaired) electrons. The van der Waals surface area contributed by atoms with Crippen molar-refractivity contribution in [2.45, 2.75) is 39.2 Å². The number of aryl methyl sites for hydroxylation is 1. The van der Waals surface area contributed by atoms with E-state index in [1.54, 1.807) is 11.3 Å². The second kappa shape index (κ2) is 5.41. The maximum Gasteiger partial charge on any atom is 0.222 e. The minimum atomic E-state index is -0.293. The van der Waals surface area contributed by atoms with Gasteiger partial charge in [-0.25, -0.2) is 0 Å². The molecule has 1 unspecified atom stereocenters. The topological polar surface area (TPSA) is 40.5 Å². The van der Waals surface area contributed by atoms with Gasteiger partial charge in [-0.1, -0.05) is 19.9 Å². The molecule has 0 bridgehead atoms. The third kappa shape index (κ3) is 3.12. The lowest BCUT2D eigenvalue weighted by molar-refractivity contribution is -0.137. The van der Waals surface area contributed by atoms with Gasteiger partial charge < -0.3 is 10.0 Å². The van der Waals surface area contributed by atoms with Crippen molar-refractivity contribution in [1.29, 1.82) is 0 Å². The summed E-state index contributed by atoms with van der Waals surface area (Å²) in [5.74, 6) is 0.211. The van der Waals surface area contributed by atoms with Gasteiger partial charge in [-0.3, -0.25) is 4.79 Å². The fourth-order valence-electron chi connectivity index (χ4n) is 2.40. The first-order chi connectivity index (χ1) is 8.49. The largest absolute Gasteiger partial charge is 0.392 e. The van der Waals surface area contributed by atoms with E-state index in [0.29, 0.717) is 25.9 Å². The molecule has 0 aliphatic carbocycles. The van der Waals surface area contributed by atoms with E-state index in [4.69, 9.17) is 0 Å². The number of likely N-dealkylation sites (tertiary alicyclic amines) is 1. The van der Waals surface area contributed by atoms with E-state index in [1.165, 1.54) is 4.88 Å². The molecule has 18 heavy (non-hydrogen) atoms. The molecule has 1 fully saturated rings. The molecular formula is C14H21NO2S. The summed E-state index contributed by atoms with van der Waals surface area (Å²) in [4.78, 5) is 15.3. The summed E-state index contributed by atoms with van der Waals surface area (Å²) in [5, 5.41) is 11.9. The van der Waals surface area contributed by atoms with Crippen LogP contribution >= 0.6 is 11.3 Å². The van der Waals surface area contributed by atoms with Gasteiger partial charge in [0.1, 0.15) is 0 Å². The first-order valence-corrected chi connectivity index (χ1v) is 7.35. The van der Waals surface area contributed by atoms with Crippen molar-refractivity contribution < 1.29 is 9.90 Å². The molecule has 1 saturated heterocycles. The zero-order valence-corrected chi connectivity index (χ0v) is 11.9. The average molecular weight is 267 g/mol. The Morgan fingerprint density at radius 1 is 1.61 bits per heavy atom. The summed E-state index contributed by atoms with van der Waals surface area (Å²) in [6.07, 6.45) is 1.80. The van der Waals surface area contributed by atoms with Gasteiger partial charge in [-0.15, -0.1) is 11.3 Å². The zero-order chi connectivity index (χ0) is 13.2. The fraction of sp³-hybridized carbons (Fsp3) is 0.643. The third-order valence-corrected chi connectivity index (χ3v) is 4.63. The first-order valence-electron chi connectivity index (χ1n) is 6.47. The highest BCUT2D eigenvalue weighted by atomic mass is 32.1. The summed E-state index contributed by atoms with van der Waals surface area (Å²) in [7, 11) is 0. The number of thiophene rings is 1. The molecule has 0 aromatic carbocycles. The van der Waals surface area contributed by atoms with Crippen molar-refractivity contribution >= 4 is 17.2 Å². The molecule has 0 spiro atoms. The second-order valence-corrected chi connectivity index (χ2v) is 6.72. The van der Waals surface area contributed by atoms with E-state index in [9.17, 15) is 9.90 Å². The van der Waals surface area contributed by atoms with Crippen LogP contribution < -0.4 is 0 Å². The maximum absolute atomic E-state index is 12.1. The summed E-state index contributed by atoms with van der Waals surface area (Å²) in [6, 6.07) is 4.09. The van der Waals surface area contributed by atoms with Crippen molar-refractivity contribution in [3.05, 3.63) is 22.4 Å². The van der Waals surface area contributed by atoms with Crippen LogP contribution in [-0.4, -0.2) is 35.1 Å². The number of carbonyl (C=O) groups excluding carboxylic acids is 1. The first kappa shape index (κ1) is 13.6. The number of hydrogen-bond donors (Lipinski definition) is 1. The van der Waals surface area contributed by atoms with E-state index in [0.717, 1.165) is 6.42 Å². The molecule has 1 aliphatic heterocycles. The SMILES string of the molecule is CC1(C)CN(C(=O)CCc2cccs2)CCC1O. The molecule has 1 amide bonds. The average Bonchev–Trinajstić information content (AvgIpc) is 2.82. The molecule has 1 N–H and O–H groups in total. The van der Waals surface area contributed by atoms with E-state index >= 15 is 0 Å². The number of hydrogen-bond acceptors (Lipinski definition) is 3. The van der Waals surface area contributed by atoms with Crippen LogP contribution in [0.2, 0.25) is 0 Å². The highest BCUT2D eigenvalue weighted by Crippen LogP contribution is 2.29. The van der Waals surface area contributed by atoms with Crippen LogP contribution in [-0.2, 0) is 11.2 Å². The Morgan fingerprint density at radius 2 is 2.39 bits per heavy atom. The Bertz CT molecular complexity index is 400. The van der Waals surface area contributed by atoms with Crippen LogP contribution in [0.3, 0.4) is 0 Å². The molecule has 1 aromatic rings. The quantitative estimate of drug-likeness (QED) is 0.913. The Balaban J connectivity index is 1.86. The summed E-state index contributed by atoms with van der Waals surface area (Å²) >= 11 is 1.70. The highest BCUT2D eigenvalue weighted by molar-refractivity contribution is 7.09. The minimum absolute atomic E-state index is 0.184. The maximum atomic E-state index is 12.1. The predicted molar refractivity (Wildman–Crippen MR) is 73.6 cm³/mol. The van der Waals surface area contributed by atoms with Gasteiger partial charge in [0, 0.05) is 29.8 Å². The molecule has 3 nitrogen and oxygen atoms in total. The van der Waals surface area contributed by atoms with Crippen molar-refractivity contribution in [1.82, 2.24) is 4.90 Å². The molecule has 2 rings (SSSR count). The Hall–Kier alpha value is -0.870. The van der Waals surface area contributed by atoms with Crippen molar-refractivity contribution in [3.63, 3.8) is 0 Å². The Morgan fingerprint density at radius 3 is 3.00 bits per heavy atom. The highest BCUT2D eigenvalue weighted by Gasteiger charge is 2.36. The zero-order valence-electron chi connectivity index (χ0n) is 11.1. The molecule has 2 heterocycles. The Kier molecular flexibility index (Phi) is 4.07. The minimum Gasteiger partial charge on any atom is -0.392 e. The fourth-order valence-corrected chi connectivity index (χ4v) is 3.11. The monoisotopic (exact) mass is 267 g/mol. The number of amides is 1. The standard InChI is InChI=1S/C14H21NO2S/c1-14(2)10-15(8-7-12(14)16)13(17)6-5-11-4-3-9-18-11/h3-4,9,12,16H,5-8,10H2,1-2H3. The number of rotatable bonds is 3. The lowest BCUT2D eigenvalue weighted by atomic mass is 9.81. The smallest absolute Gasteiger partial charge is 0.222 e. The van der Waals surface area contributed by atoms with Gasteiger partial charge in [-0.2, -0.15) is 0 Å². The van der Waals surface area contributed by atoms with E-state index in [1.807, 2.05) is 30.2 Å².